The Morgan fingerprint density at radius 1 is 1.15 bits per heavy atom. The van der Waals surface area contributed by atoms with Crippen LogP contribution in [-0.4, -0.2) is 19.9 Å². The van der Waals surface area contributed by atoms with Crippen molar-refractivity contribution in [2.24, 2.45) is 0 Å². The van der Waals surface area contributed by atoms with Crippen LogP contribution in [-0.2, 0) is 5.41 Å². The molecule has 0 unspecified atom stereocenters. The molecule has 2 aliphatic rings. The number of fused-ring (bicyclic) bond motifs is 5. The van der Waals surface area contributed by atoms with E-state index in [-0.39, 0.29) is 11.1 Å². The van der Waals surface area contributed by atoms with Crippen molar-refractivity contribution in [2.45, 2.75) is 57.3 Å². The monoisotopic (exact) mass is 370 g/mol. The van der Waals surface area contributed by atoms with Gasteiger partial charge in [0.25, 0.3) is 0 Å². The lowest BCUT2D eigenvalue weighted by molar-refractivity contribution is 0.321. The van der Waals surface area contributed by atoms with Gasteiger partial charge in [0.05, 0.1) is 5.69 Å². The van der Waals surface area contributed by atoms with Gasteiger partial charge >= 0.3 is 0 Å². The molecular weight excluding hydrogens is 350 g/mol. The number of hydrogen-bond donors (Lipinski definition) is 0. The Balaban J connectivity index is 1.70. The maximum absolute atomic E-state index is 14.5. The molecule has 2 bridgehead atoms. The molecule has 0 N–H and O–H groups in total. The van der Waals surface area contributed by atoms with Gasteiger partial charge in [-0.1, -0.05) is 25.9 Å². The summed E-state index contributed by atoms with van der Waals surface area (Å²) in [5, 5.41) is 8.81. The fourth-order valence-electron chi connectivity index (χ4n) is 4.36. The zero-order valence-corrected chi connectivity index (χ0v) is 15.5. The molecule has 0 saturated heterocycles. The average Bonchev–Trinajstić information content (AvgIpc) is 3.35. The van der Waals surface area contributed by atoms with Gasteiger partial charge in [0.2, 0.25) is 11.7 Å². The third-order valence-electron chi connectivity index (χ3n) is 5.60. The molecule has 1 aromatic carbocycles. The second-order valence-electron chi connectivity index (χ2n) is 8.54. The van der Waals surface area contributed by atoms with E-state index in [0.29, 0.717) is 29.2 Å². The Hall–Kier alpha value is -2.57. The Labute approximate surface area is 155 Å². The van der Waals surface area contributed by atoms with E-state index in [1.54, 1.807) is 4.68 Å². The molecule has 7 heteroatoms. The van der Waals surface area contributed by atoms with Crippen LogP contribution in [0.25, 0.3) is 17.2 Å². The Morgan fingerprint density at radius 3 is 2.63 bits per heavy atom. The number of benzene rings is 1. The second kappa shape index (κ2) is 5.47. The first-order chi connectivity index (χ1) is 12.8. The van der Waals surface area contributed by atoms with Crippen LogP contribution in [0.1, 0.15) is 69.0 Å². The minimum absolute atomic E-state index is 0.256. The molecule has 2 heterocycles. The first-order valence-corrected chi connectivity index (χ1v) is 9.25. The Morgan fingerprint density at radius 2 is 1.93 bits per heavy atom. The van der Waals surface area contributed by atoms with E-state index in [9.17, 15) is 8.78 Å². The summed E-state index contributed by atoms with van der Waals surface area (Å²) >= 11 is 0. The summed E-state index contributed by atoms with van der Waals surface area (Å²) in [5.74, 6) is 0.466. The van der Waals surface area contributed by atoms with E-state index in [0.717, 1.165) is 36.6 Å². The van der Waals surface area contributed by atoms with Crippen LogP contribution in [0.5, 0.6) is 0 Å². The summed E-state index contributed by atoms with van der Waals surface area (Å²) in [4.78, 5) is 4.55. The number of hydrogen-bond acceptors (Lipinski definition) is 4. The number of rotatable bonds is 2. The van der Waals surface area contributed by atoms with E-state index in [1.807, 2.05) is 20.8 Å². The number of halogens is 2. The maximum Gasteiger partial charge on any atom is 0.232 e. The van der Waals surface area contributed by atoms with E-state index in [4.69, 9.17) is 4.52 Å². The quantitative estimate of drug-likeness (QED) is 0.646. The Bertz CT molecular complexity index is 1050. The SMILES string of the molecule is CC(C)(C)c1nc(-c2nn(-c3ccc(F)cc3F)c3c2[C@@H]2CC[C@H]3C2)no1. The van der Waals surface area contributed by atoms with Gasteiger partial charge in [-0.25, -0.2) is 13.5 Å². The third-order valence-corrected chi connectivity index (χ3v) is 5.60. The Kier molecular flexibility index (Phi) is 3.36. The van der Waals surface area contributed by atoms with Gasteiger partial charge in [-0.3, -0.25) is 0 Å². The van der Waals surface area contributed by atoms with Crippen LogP contribution in [0.3, 0.4) is 0 Å². The predicted molar refractivity (Wildman–Crippen MR) is 94.8 cm³/mol. The van der Waals surface area contributed by atoms with Crippen molar-refractivity contribution in [1.82, 2.24) is 19.9 Å². The molecule has 1 fully saturated rings. The molecule has 0 spiro atoms. The summed E-state index contributed by atoms with van der Waals surface area (Å²) in [6.45, 7) is 6.01. The van der Waals surface area contributed by atoms with E-state index in [1.165, 1.54) is 12.1 Å². The van der Waals surface area contributed by atoms with Gasteiger partial charge in [-0.05, 0) is 37.3 Å². The van der Waals surface area contributed by atoms with Crippen LogP contribution in [0.4, 0.5) is 8.78 Å². The number of aromatic nitrogens is 4. The van der Waals surface area contributed by atoms with E-state index < -0.39 is 11.6 Å². The van der Waals surface area contributed by atoms with Crippen LogP contribution >= 0.6 is 0 Å². The van der Waals surface area contributed by atoms with E-state index in [2.05, 4.69) is 15.2 Å². The lowest BCUT2D eigenvalue weighted by Gasteiger charge is -2.14. The van der Waals surface area contributed by atoms with Crippen molar-refractivity contribution in [3.8, 4) is 17.2 Å². The van der Waals surface area contributed by atoms with Crippen LogP contribution < -0.4 is 0 Å². The molecule has 3 aromatic rings. The molecule has 2 aromatic heterocycles. The molecule has 0 radical (unpaired) electrons. The zero-order valence-electron chi connectivity index (χ0n) is 15.5. The molecule has 2 aliphatic carbocycles. The lowest BCUT2D eigenvalue weighted by atomic mass is 9.95. The highest BCUT2D eigenvalue weighted by Gasteiger charge is 2.44. The molecule has 0 amide bonds. The second-order valence-corrected chi connectivity index (χ2v) is 8.54. The van der Waals surface area contributed by atoms with Gasteiger partial charge in [0.15, 0.2) is 5.82 Å². The highest BCUT2D eigenvalue weighted by Crippen LogP contribution is 2.56. The number of nitrogens with zero attached hydrogens (tertiary/aromatic N) is 4. The van der Waals surface area contributed by atoms with Crippen molar-refractivity contribution in [2.75, 3.05) is 0 Å². The summed E-state index contributed by atoms with van der Waals surface area (Å²) in [6, 6.07) is 3.58. The topological polar surface area (TPSA) is 56.7 Å². The molecule has 2 atom stereocenters. The van der Waals surface area contributed by atoms with Crippen molar-refractivity contribution in [3.05, 3.63) is 47.0 Å². The molecule has 5 rings (SSSR count). The lowest BCUT2D eigenvalue weighted by Crippen LogP contribution is -2.11. The summed E-state index contributed by atoms with van der Waals surface area (Å²) in [5.41, 5.74) is 2.75. The highest BCUT2D eigenvalue weighted by molar-refractivity contribution is 5.62. The largest absolute Gasteiger partial charge is 0.338 e. The molecule has 1 saturated carbocycles. The van der Waals surface area contributed by atoms with Crippen molar-refractivity contribution in [3.63, 3.8) is 0 Å². The van der Waals surface area contributed by atoms with Gasteiger partial charge in [0, 0.05) is 23.0 Å². The van der Waals surface area contributed by atoms with Crippen LogP contribution in [0.2, 0.25) is 0 Å². The average molecular weight is 370 g/mol. The zero-order chi connectivity index (χ0) is 18.9. The molecule has 27 heavy (non-hydrogen) atoms. The van der Waals surface area contributed by atoms with Gasteiger partial charge < -0.3 is 4.52 Å². The van der Waals surface area contributed by atoms with Crippen molar-refractivity contribution >= 4 is 0 Å². The smallest absolute Gasteiger partial charge is 0.232 e. The van der Waals surface area contributed by atoms with Crippen molar-refractivity contribution in [1.29, 1.82) is 0 Å². The standard InChI is InChI=1S/C20H20F2N4O/c1-20(2,3)19-23-18(25-27-19)16-15-10-4-5-11(8-10)17(15)26(24-16)14-7-6-12(21)9-13(14)22/h6-7,9-11H,4-5,8H2,1-3H3/t10-,11+/m1/s1. The van der Waals surface area contributed by atoms with E-state index >= 15 is 0 Å². The van der Waals surface area contributed by atoms with Gasteiger partial charge in [-0.15, -0.1) is 0 Å². The fourth-order valence-corrected chi connectivity index (χ4v) is 4.36. The van der Waals surface area contributed by atoms with Crippen LogP contribution in [0.15, 0.2) is 22.7 Å². The molecule has 5 nitrogen and oxygen atoms in total. The molecular formula is C20H20F2N4O. The molecule has 140 valence electrons. The minimum Gasteiger partial charge on any atom is -0.338 e. The first kappa shape index (κ1) is 16.6. The van der Waals surface area contributed by atoms with Crippen molar-refractivity contribution < 1.29 is 13.3 Å². The van der Waals surface area contributed by atoms with Gasteiger partial charge in [0.1, 0.15) is 17.2 Å². The third kappa shape index (κ3) is 2.44. The van der Waals surface area contributed by atoms with Crippen LogP contribution in [0, 0.1) is 11.6 Å². The normalized spacial score (nSPS) is 21.1. The predicted octanol–water partition coefficient (Wildman–Crippen LogP) is 4.86. The molecule has 0 aliphatic heterocycles. The minimum atomic E-state index is -0.627. The van der Waals surface area contributed by atoms with Gasteiger partial charge in [-0.2, -0.15) is 10.1 Å². The highest BCUT2D eigenvalue weighted by atomic mass is 19.1. The summed E-state index contributed by atoms with van der Waals surface area (Å²) < 4.78 is 34.9. The first-order valence-electron chi connectivity index (χ1n) is 9.25. The fraction of sp³-hybridized carbons (Fsp3) is 0.450. The summed E-state index contributed by atoms with van der Waals surface area (Å²) in [6.07, 6.45) is 3.18. The maximum atomic E-state index is 14.5. The summed E-state index contributed by atoms with van der Waals surface area (Å²) in [7, 11) is 0.